The van der Waals surface area contributed by atoms with Crippen LogP contribution < -0.4 is 10.1 Å². The number of rotatable bonds is 6. The summed E-state index contributed by atoms with van der Waals surface area (Å²) in [5.41, 5.74) is 3.42. The molecule has 1 atom stereocenters. The first-order valence-electron chi connectivity index (χ1n) is 8.18. The molecule has 0 heterocycles. The van der Waals surface area contributed by atoms with Crippen LogP contribution in [0.1, 0.15) is 35.6 Å². The van der Waals surface area contributed by atoms with E-state index < -0.39 is 0 Å². The number of carbonyl (C=O) groups excluding carboxylic acids is 1. The summed E-state index contributed by atoms with van der Waals surface area (Å²) in [6, 6.07) is 16.3. The van der Waals surface area contributed by atoms with Crippen molar-refractivity contribution < 1.29 is 9.53 Å². The number of amides is 1. The molecular weight excluding hydrogens is 286 g/mol. The average molecular weight is 309 g/mol. The van der Waals surface area contributed by atoms with E-state index in [0.29, 0.717) is 5.92 Å². The molecule has 1 aliphatic carbocycles. The Kier molecular flexibility index (Phi) is 4.65. The largest absolute Gasteiger partial charge is 0.484 e. The number of aryl methyl sites for hydroxylation is 2. The van der Waals surface area contributed by atoms with Gasteiger partial charge < -0.3 is 10.1 Å². The van der Waals surface area contributed by atoms with Gasteiger partial charge in [-0.1, -0.05) is 48.0 Å². The molecule has 2 aromatic carbocycles. The van der Waals surface area contributed by atoms with Crippen LogP contribution in [-0.4, -0.2) is 12.5 Å². The van der Waals surface area contributed by atoms with E-state index in [4.69, 9.17) is 4.74 Å². The van der Waals surface area contributed by atoms with Gasteiger partial charge in [-0.25, -0.2) is 0 Å². The topological polar surface area (TPSA) is 38.3 Å². The van der Waals surface area contributed by atoms with E-state index in [1.165, 1.54) is 24.0 Å². The molecule has 0 spiro atoms. The molecule has 3 rings (SSSR count). The summed E-state index contributed by atoms with van der Waals surface area (Å²) in [5.74, 6) is 1.27. The second-order valence-corrected chi connectivity index (χ2v) is 6.35. The molecule has 3 heteroatoms. The van der Waals surface area contributed by atoms with Crippen molar-refractivity contribution in [2.45, 2.75) is 32.7 Å². The molecular formula is C20H23NO2. The number of benzene rings is 2. The van der Waals surface area contributed by atoms with E-state index in [0.717, 1.165) is 11.3 Å². The zero-order chi connectivity index (χ0) is 16.2. The average Bonchev–Trinajstić information content (AvgIpc) is 3.37. The number of hydrogen-bond acceptors (Lipinski definition) is 2. The lowest BCUT2D eigenvalue weighted by Gasteiger charge is -2.19. The van der Waals surface area contributed by atoms with Crippen LogP contribution in [0.5, 0.6) is 5.75 Å². The van der Waals surface area contributed by atoms with E-state index in [1.807, 2.05) is 44.2 Å². The molecule has 0 aliphatic heterocycles. The maximum absolute atomic E-state index is 12.3. The molecule has 1 aliphatic rings. The summed E-state index contributed by atoms with van der Waals surface area (Å²) < 4.78 is 5.68. The van der Waals surface area contributed by atoms with Crippen molar-refractivity contribution in [3.8, 4) is 5.75 Å². The number of ether oxygens (including phenoxy) is 1. The number of hydrogen-bond donors (Lipinski definition) is 1. The third-order valence-corrected chi connectivity index (χ3v) is 4.26. The van der Waals surface area contributed by atoms with Crippen molar-refractivity contribution >= 4 is 5.91 Å². The van der Waals surface area contributed by atoms with Crippen LogP contribution in [0.15, 0.2) is 48.5 Å². The summed E-state index contributed by atoms with van der Waals surface area (Å²) in [5, 5.41) is 3.13. The van der Waals surface area contributed by atoms with Gasteiger partial charge in [-0.05, 0) is 49.8 Å². The fraction of sp³-hybridized carbons (Fsp3) is 0.350. The molecule has 2 aromatic rings. The number of nitrogens with one attached hydrogen (secondary N) is 1. The predicted molar refractivity (Wildman–Crippen MR) is 91.5 cm³/mol. The zero-order valence-electron chi connectivity index (χ0n) is 13.7. The van der Waals surface area contributed by atoms with Gasteiger partial charge in [0.15, 0.2) is 6.61 Å². The van der Waals surface area contributed by atoms with Gasteiger partial charge in [-0.15, -0.1) is 0 Å². The monoisotopic (exact) mass is 309 g/mol. The van der Waals surface area contributed by atoms with Crippen molar-refractivity contribution in [2.75, 3.05) is 6.61 Å². The molecule has 1 fully saturated rings. The Hall–Kier alpha value is -2.29. The Balaban J connectivity index is 1.59. The first kappa shape index (κ1) is 15.6. The van der Waals surface area contributed by atoms with E-state index in [1.54, 1.807) is 0 Å². The highest BCUT2D eigenvalue weighted by atomic mass is 16.5. The van der Waals surface area contributed by atoms with E-state index in [-0.39, 0.29) is 18.6 Å². The molecule has 1 saturated carbocycles. The normalized spacial score (nSPS) is 15.0. The Morgan fingerprint density at radius 1 is 1.17 bits per heavy atom. The van der Waals surface area contributed by atoms with Crippen LogP contribution in [0.25, 0.3) is 0 Å². The van der Waals surface area contributed by atoms with Gasteiger partial charge in [0.1, 0.15) is 5.75 Å². The van der Waals surface area contributed by atoms with Crippen molar-refractivity contribution in [3.63, 3.8) is 0 Å². The smallest absolute Gasteiger partial charge is 0.258 e. The maximum atomic E-state index is 12.3. The van der Waals surface area contributed by atoms with Gasteiger partial charge in [0, 0.05) is 0 Å². The fourth-order valence-corrected chi connectivity index (χ4v) is 2.88. The number of carbonyl (C=O) groups is 1. The minimum Gasteiger partial charge on any atom is -0.484 e. The Bertz CT molecular complexity index is 677. The molecule has 0 bridgehead atoms. The van der Waals surface area contributed by atoms with Crippen LogP contribution in [0.3, 0.4) is 0 Å². The summed E-state index contributed by atoms with van der Waals surface area (Å²) in [4.78, 5) is 12.3. The van der Waals surface area contributed by atoms with E-state index in [9.17, 15) is 4.79 Å². The fourth-order valence-electron chi connectivity index (χ4n) is 2.88. The van der Waals surface area contributed by atoms with Crippen LogP contribution >= 0.6 is 0 Å². The van der Waals surface area contributed by atoms with Crippen molar-refractivity contribution in [1.82, 2.24) is 5.32 Å². The molecule has 0 saturated heterocycles. The lowest BCUT2D eigenvalue weighted by molar-refractivity contribution is -0.124. The highest BCUT2D eigenvalue weighted by Crippen LogP contribution is 2.40. The van der Waals surface area contributed by atoms with Gasteiger partial charge in [0.05, 0.1) is 6.04 Å². The molecule has 1 N–H and O–H groups in total. The second kappa shape index (κ2) is 6.86. The van der Waals surface area contributed by atoms with E-state index >= 15 is 0 Å². The predicted octanol–water partition coefficient (Wildman–Crippen LogP) is 3.95. The van der Waals surface area contributed by atoms with Crippen LogP contribution in [-0.2, 0) is 4.79 Å². The Labute approximate surface area is 137 Å². The van der Waals surface area contributed by atoms with Gasteiger partial charge in [0.2, 0.25) is 0 Å². The van der Waals surface area contributed by atoms with Crippen molar-refractivity contribution in [3.05, 3.63) is 65.2 Å². The summed E-state index contributed by atoms with van der Waals surface area (Å²) in [6.07, 6.45) is 2.36. The first-order chi connectivity index (χ1) is 11.1. The van der Waals surface area contributed by atoms with Gasteiger partial charge >= 0.3 is 0 Å². The SMILES string of the molecule is Cc1ccc(OCC(=O)N[C@@H](c2ccccc2)C2CC2)c(C)c1. The Morgan fingerprint density at radius 3 is 2.57 bits per heavy atom. The summed E-state index contributed by atoms with van der Waals surface area (Å²) >= 11 is 0. The van der Waals surface area contributed by atoms with Crippen LogP contribution in [0.4, 0.5) is 0 Å². The molecule has 3 nitrogen and oxygen atoms in total. The molecule has 0 radical (unpaired) electrons. The minimum atomic E-state index is -0.0641. The van der Waals surface area contributed by atoms with Crippen LogP contribution in [0.2, 0.25) is 0 Å². The van der Waals surface area contributed by atoms with Gasteiger partial charge in [-0.3, -0.25) is 4.79 Å². The summed E-state index contributed by atoms with van der Waals surface area (Å²) in [6.45, 7) is 4.10. The molecule has 1 amide bonds. The van der Waals surface area contributed by atoms with Crippen molar-refractivity contribution in [1.29, 1.82) is 0 Å². The van der Waals surface area contributed by atoms with Gasteiger partial charge in [-0.2, -0.15) is 0 Å². The molecule has 0 aromatic heterocycles. The highest BCUT2D eigenvalue weighted by molar-refractivity contribution is 5.78. The molecule has 23 heavy (non-hydrogen) atoms. The highest BCUT2D eigenvalue weighted by Gasteiger charge is 2.33. The van der Waals surface area contributed by atoms with Gasteiger partial charge in [0.25, 0.3) is 5.91 Å². The van der Waals surface area contributed by atoms with Crippen LogP contribution in [0, 0.1) is 19.8 Å². The quantitative estimate of drug-likeness (QED) is 0.877. The minimum absolute atomic E-state index is 0.0555. The van der Waals surface area contributed by atoms with Crippen molar-refractivity contribution in [2.24, 2.45) is 5.92 Å². The zero-order valence-corrected chi connectivity index (χ0v) is 13.7. The molecule has 120 valence electrons. The third-order valence-electron chi connectivity index (χ3n) is 4.26. The van der Waals surface area contributed by atoms with E-state index in [2.05, 4.69) is 23.5 Å². The summed E-state index contributed by atoms with van der Waals surface area (Å²) in [7, 11) is 0. The molecule has 0 unspecified atom stereocenters. The third kappa shape index (κ3) is 4.13. The lowest BCUT2D eigenvalue weighted by Crippen LogP contribution is -2.33. The maximum Gasteiger partial charge on any atom is 0.258 e. The standard InChI is InChI=1S/C20H23NO2/c1-14-8-11-18(15(2)12-14)23-13-19(22)21-20(17-9-10-17)16-6-4-3-5-7-16/h3-8,11-12,17,20H,9-10,13H2,1-2H3,(H,21,22)/t20-/m0/s1. The second-order valence-electron chi connectivity index (χ2n) is 6.35. The Morgan fingerprint density at radius 2 is 1.91 bits per heavy atom. The lowest BCUT2D eigenvalue weighted by atomic mass is 10.0. The first-order valence-corrected chi connectivity index (χ1v) is 8.18.